The zero-order chi connectivity index (χ0) is 20.0. The lowest BCUT2D eigenvalue weighted by Gasteiger charge is -2.28. The number of amides is 2. The van der Waals surface area contributed by atoms with Crippen molar-refractivity contribution in [2.24, 2.45) is 0 Å². The first-order valence-electron chi connectivity index (χ1n) is 8.43. The van der Waals surface area contributed by atoms with Crippen LogP contribution >= 0.6 is 0 Å². The van der Waals surface area contributed by atoms with Gasteiger partial charge in [-0.05, 0) is 31.5 Å². The number of nitrogens with one attached hydrogen (secondary N) is 2. The fourth-order valence-electron chi connectivity index (χ4n) is 2.60. The number of benzene rings is 1. The van der Waals surface area contributed by atoms with E-state index in [1.807, 2.05) is 0 Å². The Morgan fingerprint density at radius 3 is 2.56 bits per heavy atom. The summed E-state index contributed by atoms with van der Waals surface area (Å²) in [6.45, 7) is 3.26. The zero-order valence-electron chi connectivity index (χ0n) is 15.3. The second-order valence-corrected chi connectivity index (χ2v) is 5.63. The Morgan fingerprint density at radius 1 is 1.19 bits per heavy atom. The lowest BCUT2D eigenvalue weighted by atomic mass is 10.0. The van der Waals surface area contributed by atoms with Crippen molar-refractivity contribution in [3.05, 3.63) is 35.0 Å². The van der Waals surface area contributed by atoms with Gasteiger partial charge in [0.2, 0.25) is 0 Å². The molecule has 27 heavy (non-hydrogen) atoms. The molecule has 1 aromatic rings. The Morgan fingerprint density at radius 2 is 1.93 bits per heavy atom. The lowest BCUT2D eigenvalue weighted by Crippen LogP contribution is -2.51. The maximum absolute atomic E-state index is 12.3. The van der Waals surface area contributed by atoms with E-state index >= 15 is 0 Å². The van der Waals surface area contributed by atoms with E-state index < -0.39 is 24.0 Å². The van der Waals surface area contributed by atoms with E-state index in [0.29, 0.717) is 12.2 Å². The van der Waals surface area contributed by atoms with Crippen molar-refractivity contribution >= 4 is 18.0 Å². The first-order chi connectivity index (χ1) is 12.9. The molecular weight excluding hydrogens is 356 g/mol. The van der Waals surface area contributed by atoms with Gasteiger partial charge in [0.15, 0.2) is 0 Å². The van der Waals surface area contributed by atoms with Gasteiger partial charge in [0.1, 0.15) is 23.7 Å². The van der Waals surface area contributed by atoms with Gasteiger partial charge in [-0.25, -0.2) is 14.4 Å². The van der Waals surface area contributed by atoms with Crippen LogP contribution in [0.15, 0.2) is 29.5 Å². The molecule has 1 heterocycles. The molecule has 0 aromatic heterocycles. The molecule has 0 spiro atoms. The highest BCUT2D eigenvalue weighted by atomic mass is 16.5. The lowest BCUT2D eigenvalue weighted by molar-refractivity contribution is -0.139. The summed E-state index contributed by atoms with van der Waals surface area (Å²) in [6.07, 6.45) is 0.454. The van der Waals surface area contributed by atoms with Gasteiger partial charge in [-0.2, -0.15) is 0 Å². The van der Waals surface area contributed by atoms with Gasteiger partial charge in [0.25, 0.3) is 0 Å². The Kier molecular flexibility index (Phi) is 6.64. The normalized spacial score (nSPS) is 16.3. The molecule has 146 valence electrons. The Bertz CT molecular complexity index is 773. The summed E-state index contributed by atoms with van der Waals surface area (Å²) in [6, 6.07) is 3.06. The van der Waals surface area contributed by atoms with Crippen LogP contribution in [-0.4, -0.2) is 49.4 Å². The molecule has 1 aromatic carbocycles. The van der Waals surface area contributed by atoms with Crippen LogP contribution in [0.3, 0.4) is 0 Å². The SMILES string of the molecule is CCOC(=O)C1=C(COC(=O)c2cc(OC)ccc2O)NC(=O)N[C@H]1CC. The van der Waals surface area contributed by atoms with Crippen LogP contribution in [0.25, 0.3) is 0 Å². The van der Waals surface area contributed by atoms with Crippen LogP contribution in [0.1, 0.15) is 30.6 Å². The number of phenols is 1. The van der Waals surface area contributed by atoms with E-state index in [9.17, 15) is 19.5 Å². The van der Waals surface area contributed by atoms with Gasteiger partial charge >= 0.3 is 18.0 Å². The van der Waals surface area contributed by atoms with Gasteiger partial charge in [-0.1, -0.05) is 6.92 Å². The number of phenolic OH excluding ortho intramolecular Hbond substituents is 1. The van der Waals surface area contributed by atoms with E-state index in [4.69, 9.17) is 14.2 Å². The van der Waals surface area contributed by atoms with Crippen LogP contribution in [0.2, 0.25) is 0 Å². The molecule has 9 nitrogen and oxygen atoms in total. The van der Waals surface area contributed by atoms with Crippen molar-refractivity contribution in [3.8, 4) is 11.5 Å². The van der Waals surface area contributed by atoms with E-state index in [1.54, 1.807) is 13.8 Å². The number of urea groups is 1. The predicted molar refractivity (Wildman–Crippen MR) is 94.3 cm³/mol. The van der Waals surface area contributed by atoms with E-state index in [0.717, 1.165) is 0 Å². The molecule has 0 saturated heterocycles. The van der Waals surface area contributed by atoms with Gasteiger partial charge in [0.05, 0.1) is 31.0 Å². The van der Waals surface area contributed by atoms with Crippen molar-refractivity contribution in [1.29, 1.82) is 0 Å². The molecule has 2 amide bonds. The summed E-state index contributed by atoms with van der Waals surface area (Å²) in [7, 11) is 1.42. The van der Waals surface area contributed by atoms with E-state index in [2.05, 4.69) is 10.6 Å². The molecule has 2 rings (SSSR count). The molecule has 1 aliphatic heterocycles. The number of ether oxygens (including phenoxy) is 3. The summed E-state index contributed by atoms with van der Waals surface area (Å²) < 4.78 is 15.2. The van der Waals surface area contributed by atoms with Crippen molar-refractivity contribution < 1.29 is 33.7 Å². The number of hydrogen-bond acceptors (Lipinski definition) is 7. The number of esters is 2. The molecule has 0 bridgehead atoms. The van der Waals surface area contributed by atoms with Crippen LogP contribution in [0, 0.1) is 0 Å². The molecule has 0 radical (unpaired) electrons. The second-order valence-electron chi connectivity index (χ2n) is 5.63. The fraction of sp³-hybridized carbons (Fsp3) is 0.389. The highest BCUT2D eigenvalue weighted by Gasteiger charge is 2.32. The molecule has 1 atom stereocenters. The van der Waals surface area contributed by atoms with Gasteiger partial charge < -0.3 is 30.0 Å². The minimum absolute atomic E-state index is 0.0973. The third-order valence-corrected chi connectivity index (χ3v) is 3.92. The van der Waals surface area contributed by atoms with Crippen LogP contribution in [0.4, 0.5) is 4.79 Å². The predicted octanol–water partition coefficient (Wildman–Crippen LogP) is 1.47. The zero-order valence-corrected chi connectivity index (χ0v) is 15.3. The highest BCUT2D eigenvalue weighted by Crippen LogP contribution is 2.24. The number of rotatable bonds is 7. The molecule has 1 aliphatic rings. The van der Waals surface area contributed by atoms with Crippen LogP contribution < -0.4 is 15.4 Å². The average Bonchev–Trinajstić information content (AvgIpc) is 2.65. The van der Waals surface area contributed by atoms with Crippen molar-refractivity contribution in [2.45, 2.75) is 26.3 Å². The number of aromatic hydroxyl groups is 1. The van der Waals surface area contributed by atoms with Crippen molar-refractivity contribution in [1.82, 2.24) is 10.6 Å². The van der Waals surface area contributed by atoms with E-state index in [-0.39, 0.29) is 35.8 Å². The number of carbonyl (C=O) groups excluding carboxylic acids is 3. The number of hydrogen-bond donors (Lipinski definition) is 3. The maximum Gasteiger partial charge on any atom is 0.342 e. The largest absolute Gasteiger partial charge is 0.507 e. The Hall–Kier alpha value is -3.23. The van der Waals surface area contributed by atoms with Crippen molar-refractivity contribution in [2.75, 3.05) is 20.3 Å². The maximum atomic E-state index is 12.3. The Balaban J connectivity index is 2.25. The third-order valence-electron chi connectivity index (χ3n) is 3.92. The minimum atomic E-state index is -0.831. The molecule has 3 N–H and O–H groups in total. The van der Waals surface area contributed by atoms with Gasteiger partial charge in [-0.15, -0.1) is 0 Å². The standard InChI is InChI=1S/C18H22N2O7/c1-4-12-15(17(23)26-5-2)13(20-18(24)19-12)9-27-16(22)11-8-10(25-3)6-7-14(11)21/h6-8,12,21H,4-5,9H2,1-3H3,(H2,19,20,24)/t12-/m0/s1. The molecule has 9 heteroatoms. The summed E-state index contributed by atoms with van der Waals surface area (Å²) in [5, 5.41) is 14.9. The Labute approximate surface area is 156 Å². The van der Waals surface area contributed by atoms with Crippen molar-refractivity contribution in [3.63, 3.8) is 0 Å². The first-order valence-corrected chi connectivity index (χ1v) is 8.43. The molecule has 0 unspecified atom stereocenters. The summed E-state index contributed by atoms with van der Waals surface area (Å²) in [5.74, 6) is -1.34. The van der Waals surface area contributed by atoms with E-state index in [1.165, 1.54) is 25.3 Å². The summed E-state index contributed by atoms with van der Waals surface area (Å²) in [5.41, 5.74) is 0.237. The second kappa shape index (κ2) is 8.93. The number of carbonyl (C=O) groups is 3. The van der Waals surface area contributed by atoms with Crippen LogP contribution in [0.5, 0.6) is 11.5 Å². The number of methoxy groups -OCH3 is 1. The highest BCUT2D eigenvalue weighted by molar-refractivity contribution is 5.95. The smallest absolute Gasteiger partial charge is 0.342 e. The molecule has 0 fully saturated rings. The first kappa shape index (κ1) is 20.1. The topological polar surface area (TPSA) is 123 Å². The molecule has 0 aliphatic carbocycles. The minimum Gasteiger partial charge on any atom is -0.507 e. The van der Waals surface area contributed by atoms with Crippen LogP contribution in [-0.2, 0) is 14.3 Å². The quantitative estimate of drug-likeness (QED) is 0.614. The summed E-state index contributed by atoms with van der Waals surface area (Å²) >= 11 is 0. The average molecular weight is 378 g/mol. The van der Waals surface area contributed by atoms with Gasteiger partial charge in [0, 0.05) is 0 Å². The van der Waals surface area contributed by atoms with Gasteiger partial charge in [-0.3, -0.25) is 0 Å². The molecular formula is C18H22N2O7. The monoisotopic (exact) mass is 378 g/mol. The molecule has 0 saturated carbocycles. The summed E-state index contributed by atoms with van der Waals surface area (Å²) in [4.78, 5) is 36.4. The third kappa shape index (κ3) is 4.69. The fourth-order valence-corrected chi connectivity index (χ4v) is 2.60.